The maximum atomic E-state index is 12.5. The van der Waals surface area contributed by atoms with E-state index in [0.717, 1.165) is 54.2 Å². The van der Waals surface area contributed by atoms with Gasteiger partial charge in [0.1, 0.15) is 11.5 Å². The molecule has 338 valence electrons. The number of carbonyl (C=O) groups is 4. The van der Waals surface area contributed by atoms with E-state index in [0.29, 0.717) is 69.2 Å². The Kier molecular flexibility index (Phi) is 18.3. The van der Waals surface area contributed by atoms with Crippen molar-refractivity contribution in [2.45, 2.75) is 96.1 Å². The minimum atomic E-state index is -3.98. The molecular formula is C44H58N4O12S2. The quantitative estimate of drug-likeness (QED) is 0.112. The highest BCUT2D eigenvalue weighted by Gasteiger charge is 2.31. The number of urea groups is 2. The summed E-state index contributed by atoms with van der Waals surface area (Å²) in [7, 11) is -7.51. The number of amides is 5. The number of imide groups is 1. The molecule has 0 unspecified atom stereocenters. The van der Waals surface area contributed by atoms with Crippen LogP contribution < -0.4 is 24.3 Å². The second kappa shape index (κ2) is 23.1. The molecule has 2 aliphatic rings. The minimum Gasteiger partial charge on any atom is -0.493 e. The summed E-state index contributed by atoms with van der Waals surface area (Å²) in [5.41, 5.74) is 4.25. The maximum absolute atomic E-state index is 12.5. The lowest BCUT2D eigenvalue weighted by atomic mass is 9.87. The number of ether oxygens (including phenoxy) is 2. The number of benzene rings is 3. The fraction of sp³-hybridized carbons (Fsp3) is 0.455. The lowest BCUT2D eigenvalue weighted by molar-refractivity contribution is -0.150. The van der Waals surface area contributed by atoms with Crippen LogP contribution in [0.4, 0.5) is 9.59 Å². The summed E-state index contributed by atoms with van der Waals surface area (Å²) in [4.78, 5) is 49.1. The van der Waals surface area contributed by atoms with E-state index in [2.05, 4.69) is 22.3 Å². The lowest BCUT2D eigenvalue weighted by Crippen LogP contribution is -2.45. The Morgan fingerprint density at radius 3 is 1.98 bits per heavy atom. The van der Waals surface area contributed by atoms with Crippen molar-refractivity contribution >= 4 is 44.1 Å². The Bertz CT molecular complexity index is 2240. The summed E-state index contributed by atoms with van der Waals surface area (Å²) >= 11 is 0. The number of aliphatic carboxylic acids is 1. The van der Waals surface area contributed by atoms with Gasteiger partial charge in [0.25, 0.3) is 15.9 Å². The van der Waals surface area contributed by atoms with E-state index < -0.39 is 44.3 Å². The van der Waals surface area contributed by atoms with E-state index in [1.54, 1.807) is 55.5 Å². The van der Waals surface area contributed by atoms with Crippen molar-refractivity contribution in [3.05, 3.63) is 101 Å². The number of nitrogens with zero attached hydrogens (tertiary/aromatic N) is 1. The third-order valence-corrected chi connectivity index (χ3v) is 12.2. The van der Waals surface area contributed by atoms with Crippen molar-refractivity contribution in [3.8, 4) is 11.5 Å². The molecule has 0 aromatic heterocycles. The van der Waals surface area contributed by atoms with Gasteiger partial charge >= 0.3 is 28.1 Å². The molecule has 3 aromatic carbocycles. The third-order valence-electron chi connectivity index (χ3n) is 10.3. The average molecular weight is 899 g/mol. The first-order chi connectivity index (χ1) is 29.4. The number of carboxylic acids is 1. The Labute approximate surface area is 364 Å². The van der Waals surface area contributed by atoms with Crippen molar-refractivity contribution in [3.63, 3.8) is 0 Å². The largest absolute Gasteiger partial charge is 0.493 e. The van der Waals surface area contributed by atoms with Crippen molar-refractivity contribution in [1.29, 1.82) is 0 Å². The van der Waals surface area contributed by atoms with Gasteiger partial charge in [-0.2, -0.15) is 8.42 Å². The molecule has 5 amide bonds. The number of nitrogens with one attached hydrogen (secondary N) is 3. The number of rotatable bonds is 18. The zero-order chi connectivity index (χ0) is 45.5. The molecule has 1 atom stereocenters. The molecule has 0 spiro atoms. The first kappa shape index (κ1) is 49.2. The van der Waals surface area contributed by atoms with Crippen LogP contribution in [0.1, 0.15) is 76.5 Å². The monoisotopic (exact) mass is 898 g/mol. The Morgan fingerprint density at radius 1 is 0.839 bits per heavy atom. The zero-order valence-electron chi connectivity index (χ0n) is 35.8. The first-order valence-corrected chi connectivity index (χ1v) is 23.9. The molecule has 1 aliphatic heterocycles. The highest BCUT2D eigenvalue weighted by Crippen LogP contribution is 2.24. The van der Waals surface area contributed by atoms with Crippen molar-refractivity contribution in [2.75, 3.05) is 32.6 Å². The fourth-order valence-corrected chi connectivity index (χ4v) is 8.32. The molecule has 1 aliphatic carbocycles. The van der Waals surface area contributed by atoms with Gasteiger partial charge in [-0.1, -0.05) is 50.2 Å². The molecule has 1 fully saturated rings. The zero-order valence-corrected chi connectivity index (χ0v) is 37.5. The first-order valence-electron chi connectivity index (χ1n) is 20.6. The van der Waals surface area contributed by atoms with Crippen molar-refractivity contribution in [2.24, 2.45) is 5.92 Å². The minimum absolute atomic E-state index is 0.00639. The van der Waals surface area contributed by atoms with Gasteiger partial charge in [-0.25, -0.2) is 27.5 Å². The molecule has 3 aromatic rings. The maximum Gasteiger partial charge on any atom is 0.333 e. The molecule has 4 N–H and O–H groups in total. The molecule has 0 radical (unpaired) electrons. The molecule has 0 bridgehead atoms. The highest BCUT2D eigenvalue weighted by atomic mass is 32.2. The molecule has 1 saturated carbocycles. The van der Waals surface area contributed by atoms with Crippen LogP contribution in [0.2, 0.25) is 0 Å². The normalized spacial score (nSPS) is 17.0. The van der Waals surface area contributed by atoms with Crippen LogP contribution in [0.5, 0.6) is 11.5 Å². The van der Waals surface area contributed by atoms with E-state index in [4.69, 9.17) is 18.8 Å². The Hall–Kier alpha value is -5.46. The van der Waals surface area contributed by atoms with Crippen LogP contribution in [0.25, 0.3) is 0 Å². The molecule has 0 saturated heterocycles. The van der Waals surface area contributed by atoms with Gasteiger partial charge in [0.2, 0.25) is 0 Å². The summed E-state index contributed by atoms with van der Waals surface area (Å²) in [6, 6.07) is 19.0. The topological polar surface area (TPSA) is 224 Å². The van der Waals surface area contributed by atoms with Gasteiger partial charge in [0.15, 0.2) is 6.10 Å². The van der Waals surface area contributed by atoms with Gasteiger partial charge in [-0.3, -0.25) is 9.69 Å². The molecule has 62 heavy (non-hydrogen) atoms. The van der Waals surface area contributed by atoms with Crippen LogP contribution >= 0.6 is 0 Å². The molecule has 18 heteroatoms. The third kappa shape index (κ3) is 15.8. The lowest BCUT2D eigenvalue weighted by Gasteiger charge is -2.26. The summed E-state index contributed by atoms with van der Waals surface area (Å²) in [6.45, 7) is 9.08. The SMILES string of the molecule is CCC1=C(C)CN(C(=O)NCCc2ccc(S(=O)(=O)NC(=O)NC3CCC(C)CC3)cc2)C1=O.CCO[C@@H](Cc1ccc(OCCc2ccc(OS(C)(=O)=O)cc2)cc1)C(=O)O. The van der Waals surface area contributed by atoms with E-state index >= 15 is 0 Å². The standard InChI is InChI=1S/C24H34N4O5S.C20H24O7S/c1-4-21-17(3)15-28(22(21)29)24(31)25-14-13-18-7-11-20(12-8-18)34(32,33)27-23(30)26-19-9-5-16(2)6-10-19;1-3-25-19(20(21)22)14-16-6-8-17(9-7-16)26-13-12-15-4-10-18(11-5-15)27-28(2,23)24/h7-8,11-12,16,19H,4-6,9-10,13-15H2,1-3H3,(H,25,31)(H2,26,27,30);4-11,19H,3,12-14H2,1-2H3,(H,21,22)/t;19-/m.0/s1. The van der Waals surface area contributed by atoms with Gasteiger partial charge < -0.3 is 29.4 Å². The Morgan fingerprint density at radius 2 is 1.42 bits per heavy atom. The van der Waals surface area contributed by atoms with Crippen LogP contribution in [0, 0.1) is 5.92 Å². The van der Waals surface area contributed by atoms with Gasteiger partial charge in [0.05, 0.1) is 24.3 Å². The van der Waals surface area contributed by atoms with Crippen LogP contribution in [0.15, 0.2) is 88.8 Å². The summed E-state index contributed by atoms with van der Waals surface area (Å²) < 4.78 is 65.0. The van der Waals surface area contributed by atoms with Crippen LogP contribution in [-0.4, -0.2) is 95.5 Å². The van der Waals surface area contributed by atoms with E-state index in [1.165, 1.54) is 17.0 Å². The predicted molar refractivity (Wildman–Crippen MR) is 233 cm³/mol. The molecule has 16 nitrogen and oxygen atoms in total. The number of hydrogen-bond donors (Lipinski definition) is 4. The molecule has 1 heterocycles. The summed E-state index contributed by atoms with van der Waals surface area (Å²) in [6.07, 6.45) is 5.88. The van der Waals surface area contributed by atoms with Gasteiger partial charge in [0, 0.05) is 37.6 Å². The van der Waals surface area contributed by atoms with E-state index in [9.17, 15) is 36.0 Å². The van der Waals surface area contributed by atoms with Crippen molar-refractivity contribution < 1.29 is 54.8 Å². The number of hydrogen-bond acceptors (Lipinski definition) is 11. The summed E-state index contributed by atoms with van der Waals surface area (Å²) in [5, 5.41) is 14.6. The second-order valence-electron chi connectivity index (χ2n) is 15.3. The summed E-state index contributed by atoms with van der Waals surface area (Å²) in [5.74, 6) is 0.366. The number of sulfonamides is 1. The van der Waals surface area contributed by atoms with Gasteiger partial charge in [-0.15, -0.1) is 0 Å². The van der Waals surface area contributed by atoms with E-state index in [-0.39, 0.29) is 22.6 Å². The van der Waals surface area contributed by atoms with E-state index in [1.807, 2.05) is 26.0 Å². The van der Waals surface area contributed by atoms with Gasteiger partial charge in [-0.05, 0) is 117 Å². The fourth-order valence-electron chi connectivity index (χ4n) is 6.94. The van der Waals surface area contributed by atoms with Crippen LogP contribution in [-0.2, 0) is 53.7 Å². The highest BCUT2D eigenvalue weighted by molar-refractivity contribution is 7.90. The predicted octanol–water partition coefficient (Wildman–Crippen LogP) is 5.75. The number of carbonyl (C=O) groups excluding carboxylic acids is 3. The molecule has 5 rings (SSSR count). The van der Waals surface area contributed by atoms with Crippen molar-refractivity contribution in [1.82, 2.24) is 20.3 Å². The average Bonchev–Trinajstić information content (AvgIpc) is 3.51. The second-order valence-corrected chi connectivity index (χ2v) is 18.6. The van der Waals surface area contributed by atoms with Crippen LogP contribution in [0.3, 0.4) is 0 Å². The smallest absolute Gasteiger partial charge is 0.333 e. The Balaban J connectivity index is 0.000000278. The number of carboxylic acid groups (broad SMARTS) is 1. The molecular weight excluding hydrogens is 841 g/mol.